The zero-order valence-electron chi connectivity index (χ0n) is 9.67. The molecule has 2 atom stereocenters. The van der Waals surface area contributed by atoms with Crippen molar-refractivity contribution in [2.75, 3.05) is 12.4 Å². The Morgan fingerprint density at radius 3 is 2.89 bits per heavy atom. The van der Waals surface area contributed by atoms with Crippen molar-refractivity contribution in [1.82, 2.24) is 0 Å². The van der Waals surface area contributed by atoms with Crippen LogP contribution in [0.1, 0.15) is 10.1 Å². The molecule has 1 heterocycles. The minimum atomic E-state index is -0.340. The third kappa shape index (κ3) is 3.80. The Morgan fingerprint density at radius 1 is 1.50 bits per heavy atom. The number of rotatable bonds is 4. The summed E-state index contributed by atoms with van der Waals surface area (Å²) < 4.78 is 6.61. The predicted molar refractivity (Wildman–Crippen MR) is 81.9 cm³/mol. The van der Waals surface area contributed by atoms with Crippen LogP contribution in [0.25, 0.3) is 0 Å². The van der Waals surface area contributed by atoms with Gasteiger partial charge in [-0.15, -0.1) is 23.5 Å². The average molecular weight is 345 g/mol. The van der Waals surface area contributed by atoms with E-state index in [1.807, 2.05) is 23.5 Å². The Labute approximate surface area is 124 Å². The predicted octanol–water partition coefficient (Wildman–Crippen LogP) is 4.03. The molecule has 1 aliphatic rings. The van der Waals surface area contributed by atoms with Crippen LogP contribution in [0.2, 0.25) is 0 Å². The maximum atomic E-state index is 11.0. The van der Waals surface area contributed by atoms with Gasteiger partial charge in [0.1, 0.15) is 6.61 Å². The molecule has 0 bridgehead atoms. The largest absolute Gasteiger partial charge is 0.461 e. The van der Waals surface area contributed by atoms with Crippen LogP contribution in [0.5, 0.6) is 0 Å². The van der Waals surface area contributed by atoms with Crippen molar-refractivity contribution >= 4 is 45.4 Å². The summed E-state index contributed by atoms with van der Waals surface area (Å²) in [6.07, 6.45) is 1.21. The molecule has 5 heteroatoms. The molecule has 0 spiro atoms. The first kappa shape index (κ1) is 14.0. The molecule has 1 fully saturated rings. The number of carbonyl (C=O) groups is 1. The van der Waals surface area contributed by atoms with Gasteiger partial charge in [0.05, 0.1) is 4.58 Å². The van der Waals surface area contributed by atoms with E-state index < -0.39 is 0 Å². The summed E-state index contributed by atoms with van der Waals surface area (Å²) in [6, 6.07) is 8.38. The number of carbonyl (C=O) groups excluding carboxylic acids is 1. The van der Waals surface area contributed by atoms with Crippen LogP contribution in [-0.4, -0.2) is 23.6 Å². The molecule has 96 valence electrons. The highest BCUT2D eigenvalue weighted by atomic mass is 79.9. The normalized spacial score (nSPS) is 22.7. The number of halogens is 1. The van der Waals surface area contributed by atoms with Crippen LogP contribution in [0.4, 0.5) is 0 Å². The van der Waals surface area contributed by atoms with Crippen LogP contribution in [0.3, 0.4) is 0 Å². The highest BCUT2D eigenvalue weighted by Gasteiger charge is 2.27. The van der Waals surface area contributed by atoms with Crippen molar-refractivity contribution in [3.63, 3.8) is 0 Å². The molecule has 0 radical (unpaired) electrons. The van der Waals surface area contributed by atoms with Gasteiger partial charge in [-0.3, -0.25) is 0 Å². The Kier molecular flexibility index (Phi) is 5.21. The molecule has 0 aromatic heterocycles. The fraction of sp³-hybridized carbons (Fsp3) is 0.308. The first-order valence-electron chi connectivity index (χ1n) is 5.51. The lowest BCUT2D eigenvalue weighted by molar-refractivity contribution is -0.137. The van der Waals surface area contributed by atoms with Gasteiger partial charge in [0.15, 0.2) is 0 Å². The average Bonchev–Trinajstić information content (AvgIpc) is 2.85. The second-order valence-corrected chi connectivity index (χ2v) is 7.57. The molecule has 1 aromatic carbocycles. The van der Waals surface area contributed by atoms with Crippen molar-refractivity contribution < 1.29 is 9.53 Å². The Hall–Kier alpha value is -0.390. The summed E-state index contributed by atoms with van der Waals surface area (Å²) in [5.41, 5.74) is 1.31. The molecule has 2 nitrogen and oxygen atoms in total. The van der Waals surface area contributed by atoms with E-state index in [1.54, 1.807) is 0 Å². The van der Waals surface area contributed by atoms with E-state index in [2.05, 4.69) is 46.8 Å². The molecule has 1 saturated heterocycles. The molecule has 0 saturated carbocycles. The molecule has 1 aromatic rings. The van der Waals surface area contributed by atoms with Gasteiger partial charge in [-0.25, -0.2) is 4.79 Å². The van der Waals surface area contributed by atoms with E-state index in [-0.39, 0.29) is 5.97 Å². The summed E-state index contributed by atoms with van der Waals surface area (Å²) in [7, 11) is 0. The fourth-order valence-electron chi connectivity index (χ4n) is 1.56. The smallest absolute Gasteiger partial charge is 0.330 e. The molecule has 2 rings (SSSR count). The topological polar surface area (TPSA) is 26.3 Å². The zero-order chi connectivity index (χ0) is 13.0. The summed E-state index contributed by atoms with van der Waals surface area (Å²) in [5.74, 6) is 0.670. The van der Waals surface area contributed by atoms with E-state index in [0.29, 0.717) is 16.4 Å². The third-order valence-electron chi connectivity index (χ3n) is 2.47. The zero-order valence-corrected chi connectivity index (χ0v) is 12.9. The van der Waals surface area contributed by atoms with Gasteiger partial charge in [-0.1, -0.05) is 34.6 Å². The number of hydrogen-bond donors (Lipinski definition) is 0. The lowest BCUT2D eigenvalue weighted by Gasteiger charge is -2.10. The maximum absolute atomic E-state index is 11.0. The number of esters is 1. The first-order chi connectivity index (χ1) is 8.69. The third-order valence-corrected chi connectivity index (χ3v) is 6.33. The maximum Gasteiger partial charge on any atom is 0.330 e. The van der Waals surface area contributed by atoms with Crippen molar-refractivity contribution in [3.05, 3.63) is 47.0 Å². The van der Waals surface area contributed by atoms with E-state index in [1.165, 1.54) is 11.6 Å². The highest BCUT2D eigenvalue weighted by molar-refractivity contribution is 9.10. The lowest BCUT2D eigenvalue weighted by atomic mass is 10.2. The van der Waals surface area contributed by atoms with Crippen molar-refractivity contribution in [1.29, 1.82) is 0 Å². The molecule has 2 unspecified atom stereocenters. The van der Waals surface area contributed by atoms with Crippen molar-refractivity contribution in [3.8, 4) is 0 Å². The number of hydrogen-bond acceptors (Lipinski definition) is 4. The van der Waals surface area contributed by atoms with E-state index in [0.717, 1.165) is 10.2 Å². The Balaban J connectivity index is 1.86. The van der Waals surface area contributed by atoms with Crippen molar-refractivity contribution in [2.45, 2.75) is 9.83 Å². The van der Waals surface area contributed by atoms with Crippen molar-refractivity contribution in [2.24, 2.45) is 0 Å². The molecule has 18 heavy (non-hydrogen) atoms. The highest BCUT2D eigenvalue weighted by Crippen LogP contribution is 2.49. The standard InChI is InChI=1S/C13H13BrO2S2/c1-2-12(15)16-7-11-8-17-13(18-11)9-3-5-10(14)6-4-9/h2-6,11,13H,1,7-8H2. The van der Waals surface area contributed by atoms with Gasteiger partial charge >= 0.3 is 5.97 Å². The molecule has 0 amide bonds. The number of thioether (sulfide) groups is 2. The monoisotopic (exact) mass is 344 g/mol. The molecular weight excluding hydrogens is 332 g/mol. The van der Waals surface area contributed by atoms with E-state index in [4.69, 9.17) is 4.74 Å². The second-order valence-electron chi connectivity index (χ2n) is 3.81. The minimum absolute atomic E-state index is 0.340. The van der Waals surface area contributed by atoms with Crippen LogP contribution in [0, 0.1) is 0 Å². The van der Waals surface area contributed by atoms with E-state index in [9.17, 15) is 4.79 Å². The van der Waals surface area contributed by atoms with Crippen LogP contribution in [0.15, 0.2) is 41.4 Å². The summed E-state index contributed by atoms with van der Waals surface area (Å²) in [6.45, 7) is 3.85. The lowest BCUT2D eigenvalue weighted by Crippen LogP contribution is -2.14. The van der Waals surface area contributed by atoms with Gasteiger partial charge in [-0.2, -0.15) is 0 Å². The fourth-order valence-corrected chi connectivity index (χ4v) is 5.05. The van der Waals surface area contributed by atoms with Gasteiger partial charge in [0.2, 0.25) is 0 Å². The van der Waals surface area contributed by atoms with Crippen LogP contribution in [-0.2, 0) is 9.53 Å². The molecule has 1 aliphatic heterocycles. The van der Waals surface area contributed by atoms with Gasteiger partial charge in [-0.05, 0) is 17.7 Å². The Morgan fingerprint density at radius 2 is 2.22 bits per heavy atom. The number of ether oxygens (including phenoxy) is 1. The van der Waals surface area contributed by atoms with Gasteiger partial charge in [0.25, 0.3) is 0 Å². The van der Waals surface area contributed by atoms with E-state index >= 15 is 0 Å². The molecular formula is C13H13BrO2S2. The SMILES string of the molecule is C=CC(=O)OCC1CSC(c2ccc(Br)cc2)S1. The Bertz CT molecular complexity index is 433. The summed E-state index contributed by atoms with van der Waals surface area (Å²) in [4.78, 5) is 11.0. The quantitative estimate of drug-likeness (QED) is 0.608. The number of benzene rings is 1. The summed E-state index contributed by atoms with van der Waals surface area (Å²) >= 11 is 7.19. The van der Waals surface area contributed by atoms with Crippen LogP contribution < -0.4 is 0 Å². The van der Waals surface area contributed by atoms with Crippen LogP contribution >= 0.6 is 39.5 Å². The molecule has 0 aliphatic carbocycles. The first-order valence-corrected chi connectivity index (χ1v) is 8.29. The second kappa shape index (κ2) is 6.68. The van der Waals surface area contributed by atoms with Gasteiger partial charge < -0.3 is 4.74 Å². The van der Waals surface area contributed by atoms with Gasteiger partial charge in [0, 0.05) is 21.6 Å². The summed E-state index contributed by atoms with van der Waals surface area (Å²) in [5, 5.41) is 0.368. The molecule has 0 N–H and O–H groups in total. The minimum Gasteiger partial charge on any atom is -0.461 e.